The lowest BCUT2D eigenvalue weighted by Crippen LogP contribution is -2.38. The van der Waals surface area contributed by atoms with Crippen molar-refractivity contribution < 1.29 is 23.1 Å². The molecule has 0 spiro atoms. The van der Waals surface area contributed by atoms with Gasteiger partial charge >= 0.3 is 6.16 Å². The molecule has 0 unspecified atom stereocenters. The van der Waals surface area contributed by atoms with Crippen molar-refractivity contribution in [3.8, 4) is 0 Å². The number of hydrogen-bond acceptors (Lipinski definition) is 5. The molecule has 0 saturated heterocycles. The van der Waals surface area contributed by atoms with Crippen molar-refractivity contribution in [3.63, 3.8) is 0 Å². The van der Waals surface area contributed by atoms with Gasteiger partial charge in [0.1, 0.15) is 6.61 Å². The van der Waals surface area contributed by atoms with Gasteiger partial charge < -0.3 is 15.2 Å². The molecule has 1 aromatic carbocycles. The number of primary sulfonamides is 1. The number of ether oxygens (including phenoxy) is 1. The molecule has 0 aliphatic heterocycles. The van der Waals surface area contributed by atoms with Crippen LogP contribution < -0.4 is 10.5 Å². The Balaban J connectivity index is 0. The molecule has 0 radical (unpaired) electrons. The molecule has 134 valence electrons. The lowest BCUT2D eigenvalue weighted by molar-refractivity contribution is 0.0906. The maximum atomic E-state index is 10.8. The second-order valence-corrected chi connectivity index (χ2v) is 7.65. The van der Waals surface area contributed by atoms with Gasteiger partial charge in [-0.3, -0.25) is 0 Å². The normalized spacial score (nSPS) is 10.8. The van der Waals surface area contributed by atoms with Crippen LogP contribution in [0.2, 0.25) is 0 Å². The topological polar surface area (TPSA) is 119 Å². The van der Waals surface area contributed by atoms with Crippen molar-refractivity contribution in [2.75, 3.05) is 13.2 Å². The van der Waals surface area contributed by atoms with Gasteiger partial charge in [0.2, 0.25) is 10.0 Å². The standard InChI is InChI=1S/C7H15NO3.C6H6BrNO2S.ClH/c1-7(2,3)8-4-5-11-6(9)10;7-5-3-1-2-4-6(5)11(8,9)10;/h8H,4-5H2,1-3H3,(H,9,10);1-4H,(H2,8,9,10);1H. The Morgan fingerprint density at radius 2 is 1.87 bits per heavy atom. The van der Waals surface area contributed by atoms with E-state index in [0.717, 1.165) is 0 Å². The number of sulfonamides is 1. The van der Waals surface area contributed by atoms with Gasteiger partial charge in [0.15, 0.2) is 0 Å². The van der Waals surface area contributed by atoms with Crippen LogP contribution in [0.4, 0.5) is 4.79 Å². The molecule has 23 heavy (non-hydrogen) atoms. The molecule has 0 aliphatic rings. The van der Waals surface area contributed by atoms with Crippen molar-refractivity contribution in [3.05, 3.63) is 28.7 Å². The lowest BCUT2D eigenvalue weighted by Gasteiger charge is -2.19. The van der Waals surface area contributed by atoms with Crippen LogP contribution in [-0.4, -0.2) is 38.4 Å². The number of hydrogen-bond donors (Lipinski definition) is 3. The van der Waals surface area contributed by atoms with Crippen molar-refractivity contribution in [2.45, 2.75) is 31.2 Å². The first-order valence-electron chi connectivity index (χ1n) is 6.31. The van der Waals surface area contributed by atoms with E-state index in [1.54, 1.807) is 18.2 Å². The summed E-state index contributed by atoms with van der Waals surface area (Å²) in [6.07, 6.45) is -1.22. The number of nitrogens with one attached hydrogen (secondary N) is 1. The first-order valence-corrected chi connectivity index (χ1v) is 8.65. The van der Waals surface area contributed by atoms with E-state index < -0.39 is 16.2 Å². The number of nitrogens with two attached hydrogens (primary N) is 1. The molecule has 0 bridgehead atoms. The molecule has 10 heteroatoms. The third kappa shape index (κ3) is 13.3. The highest BCUT2D eigenvalue weighted by Crippen LogP contribution is 2.19. The monoisotopic (exact) mass is 432 g/mol. The fourth-order valence-corrected chi connectivity index (χ4v) is 2.81. The predicted molar refractivity (Wildman–Crippen MR) is 94.5 cm³/mol. The fraction of sp³-hybridized carbons (Fsp3) is 0.462. The Morgan fingerprint density at radius 3 is 2.22 bits per heavy atom. The van der Waals surface area contributed by atoms with E-state index in [1.165, 1.54) is 6.07 Å². The zero-order chi connectivity index (χ0) is 17.4. The Hall–Kier alpha value is -0.870. The summed E-state index contributed by atoms with van der Waals surface area (Å²) >= 11 is 3.07. The fourth-order valence-electron chi connectivity index (χ4n) is 1.24. The minimum absolute atomic E-state index is 0. The third-order valence-electron chi connectivity index (χ3n) is 2.13. The van der Waals surface area contributed by atoms with Gasteiger partial charge in [-0.1, -0.05) is 12.1 Å². The number of carboxylic acid groups (broad SMARTS) is 1. The molecular weight excluding hydrogens is 412 g/mol. The molecule has 1 rings (SSSR count). The van der Waals surface area contributed by atoms with Crippen LogP contribution >= 0.6 is 28.3 Å². The number of halogens is 2. The zero-order valence-electron chi connectivity index (χ0n) is 13.1. The first kappa shape index (κ1) is 24.4. The zero-order valence-corrected chi connectivity index (χ0v) is 16.3. The Bertz CT molecular complexity index is 590. The highest BCUT2D eigenvalue weighted by atomic mass is 79.9. The van der Waals surface area contributed by atoms with Crippen LogP contribution in [0.25, 0.3) is 0 Å². The smallest absolute Gasteiger partial charge is 0.450 e. The molecule has 1 aromatic rings. The van der Waals surface area contributed by atoms with Gasteiger partial charge in [0.05, 0.1) is 4.90 Å². The summed E-state index contributed by atoms with van der Waals surface area (Å²) < 4.78 is 26.4. The van der Waals surface area contributed by atoms with Crippen LogP contribution in [0, 0.1) is 0 Å². The maximum Gasteiger partial charge on any atom is 0.505 e. The molecule has 7 nitrogen and oxygen atoms in total. The minimum Gasteiger partial charge on any atom is -0.450 e. The molecule has 0 aliphatic carbocycles. The summed E-state index contributed by atoms with van der Waals surface area (Å²) in [7, 11) is -3.58. The van der Waals surface area contributed by atoms with Crippen LogP contribution in [0.1, 0.15) is 20.8 Å². The van der Waals surface area contributed by atoms with Gasteiger partial charge in [-0.25, -0.2) is 18.4 Å². The van der Waals surface area contributed by atoms with Gasteiger partial charge in [-0.05, 0) is 48.8 Å². The molecule has 0 atom stereocenters. The number of benzene rings is 1. The molecule has 0 saturated carbocycles. The summed E-state index contributed by atoms with van der Waals surface area (Å²) in [4.78, 5) is 9.98. The van der Waals surface area contributed by atoms with E-state index in [1.807, 2.05) is 20.8 Å². The Morgan fingerprint density at radius 1 is 1.35 bits per heavy atom. The summed E-state index contributed by atoms with van der Waals surface area (Å²) in [6.45, 7) is 6.78. The van der Waals surface area contributed by atoms with E-state index >= 15 is 0 Å². The van der Waals surface area contributed by atoms with Crippen LogP contribution in [0.3, 0.4) is 0 Å². The van der Waals surface area contributed by atoms with E-state index in [2.05, 4.69) is 26.0 Å². The van der Waals surface area contributed by atoms with Crippen LogP contribution in [0.5, 0.6) is 0 Å². The quantitative estimate of drug-likeness (QED) is 0.496. The second-order valence-electron chi connectivity index (χ2n) is 5.27. The first-order chi connectivity index (χ1) is 9.93. The Labute approximate surface area is 151 Å². The largest absolute Gasteiger partial charge is 0.505 e. The van der Waals surface area contributed by atoms with Gasteiger partial charge in [-0.2, -0.15) is 0 Å². The molecule has 0 fully saturated rings. The third-order valence-corrected chi connectivity index (χ3v) is 4.05. The van der Waals surface area contributed by atoms with E-state index in [9.17, 15) is 13.2 Å². The van der Waals surface area contributed by atoms with Crippen LogP contribution in [-0.2, 0) is 14.8 Å². The minimum atomic E-state index is -3.58. The SMILES string of the molecule is CC(C)(C)NCCOC(=O)O.Cl.NS(=O)(=O)c1ccccc1Br. The molecule has 4 N–H and O–H groups in total. The predicted octanol–water partition coefficient (Wildman–Crippen LogP) is 2.59. The second kappa shape index (κ2) is 10.8. The van der Waals surface area contributed by atoms with Crippen molar-refractivity contribution in [1.82, 2.24) is 5.32 Å². The van der Waals surface area contributed by atoms with E-state index in [4.69, 9.17) is 10.2 Å². The summed E-state index contributed by atoms with van der Waals surface area (Å²) in [5, 5.41) is 16.1. The molecule has 0 aromatic heterocycles. The number of carbonyl (C=O) groups is 1. The highest BCUT2D eigenvalue weighted by molar-refractivity contribution is 9.10. The van der Waals surface area contributed by atoms with E-state index in [0.29, 0.717) is 11.0 Å². The van der Waals surface area contributed by atoms with Gasteiger partial charge in [0, 0.05) is 16.6 Å². The summed E-state index contributed by atoms with van der Waals surface area (Å²) in [5.74, 6) is 0. The van der Waals surface area contributed by atoms with Gasteiger partial charge in [-0.15, -0.1) is 12.4 Å². The van der Waals surface area contributed by atoms with Crippen molar-refractivity contribution in [2.24, 2.45) is 5.14 Å². The van der Waals surface area contributed by atoms with E-state index in [-0.39, 0.29) is 29.4 Å². The molecular formula is C13H22BrClN2O5S. The van der Waals surface area contributed by atoms with Gasteiger partial charge in [0.25, 0.3) is 0 Å². The Kier molecular flexibility index (Phi) is 11.5. The average molecular weight is 434 g/mol. The highest BCUT2D eigenvalue weighted by Gasteiger charge is 2.10. The van der Waals surface area contributed by atoms with Crippen molar-refractivity contribution >= 4 is 44.5 Å². The molecule has 0 heterocycles. The van der Waals surface area contributed by atoms with Crippen molar-refractivity contribution in [1.29, 1.82) is 0 Å². The summed E-state index contributed by atoms with van der Waals surface area (Å²) in [5.41, 5.74) is 0.0157. The summed E-state index contributed by atoms with van der Waals surface area (Å²) in [6, 6.07) is 6.41. The number of rotatable bonds is 4. The average Bonchev–Trinajstić information content (AvgIpc) is 2.33. The van der Waals surface area contributed by atoms with Crippen LogP contribution in [0.15, 0.2) is 33.6 Å². The lowest BCUT2D eigenvalue weighted by atomic mass is 10.1. The molecule has 0 amide bonds. The maximum absolute atomic E-state index is 10.8.